The highest BCUT2D eigenvalue weighted by Crippen LogP contribution is 2.35. The number of aliphatic hydroxyl groups excluding tert-OH is 1. The van der Waals surface area contributed by atoms with Crippen LogP contribution in [0.25, 0.3) is 0 Å². The van der Waals surface area contributed by atoms with E-state index in [-0.39, 0.29) is 24.5 Å². The van der Waals surface area contributed by atoms with Crippen LogP contribution in [-0.4, -0.2) is 46.2 Å². The molecule has 2 rings (SSSR count). The topological polar surface area (TPSA) is 77.8 Å². The van der Waals surface area contributed by atoms with Crippen molar-refractivity contribution in [2.75, 3.05) is 13.2 Å². The van der Waals surface area contributed by atoms with Gasteiger partial charge in [0.15, 0.2) is 0 Å². The van der Waals surface area contributed by atoms with Gasteiger partial charge in [0.25, 0.3) is 0 Å². The lowest BCUT2D eigenvalue weighted by atomic mass is 9.94. The van der Waals surface area contributed by atoms with Gasteiger partial charge in [-0.15, -0.1) is 0 Å². The first-order valence-electron chi connectivity index (χ1n) is 6.29. The first kappa shape index (κ1) is 12.4. The second-order valence-electron chi connectivity index (χ2n) is 4.99. The molecule has 0 aromatic carbocycles. The van der Waals surface area contributed by atoms with Gasteiger partial charge in [0, 0.05) is 6.54 Å². The molecule has 1 amide bonds. The van der Waals surface area contributed by atoms with Crippen molar-refractivity contribution in [3.63, 3.8) is 0 Å². The Morgan fingerprint density at radius 2 is 1.82 bits per heavy atom. The molecule has 17 heavy (non-hydrogen) atoms. The SMILES string of the molecule is O=C(O)[C@H]1CCC[C@H]1C(=O)N1CCCC1CO. The fourth-order valence-electron chi connectivity index (χ4n) is 3.08. The maximum Gasteiger partial charge on any atom is 0.307 e. The number of aliphatic carboxylic acids is 1. The molecule has 0 aromatic heterocycles. The molecule has 0 bridgehead atoms. The summed E-state index contributed by atoms with van der Waals surface area (Å²) in [5.74, 6) is -1.82. The first-order valence-corrected chi connectivity index (χ1v) is 6.29. The number of hydrogen-bond donors (Lipinski definition) is 2. The van der Waals surface area contributed by atoms with Crippen LogP contribution in [0, 0.1) is 11.8 Å². The third kappa shape index (κ3) is 2.29. The van der Waals surface area contributed by atoms with Gasteiger partial charge in [-0.05, 0) is 25.7 Å². The normalized spacial score (nSPS) is 33.0. The second-order valence-corrected chi connectivity index (χ2v) is 4.99. The Kier molecular flexibility index (Phi) is 3.66. The van der Waals surface area contributed by atoms with Gasteiger partial charge >= 0.3 is 5.97 Å². The molecule has 1 aliphatic carbocycles. The summed E-state index contributed by atoms with van der Waals surface area (Å²) in [6.07, 6.45) is 3.81. The number of amides is 1. The van der Waals surface area contributed by atoms with E-state index in [9.17, 15) is 14.7 Å². The summed E-state index contributed by atoms with van der Waals surface area (Å²) in [6.45, 7) is 0.642. The number of carboxylic acid groups (broad SMARTS) is 1. The van der Waals surface area contributed by atoms with Crippen LogP contribution in [0.15, 0.2) is 0 Å². The molecular weight excluding hydrogens is 222 g/mol. The van der Waals surface area contributed by atoms with Crippen molar-refractivity contribution in [3.8, 4) is 0 Å². The number of nitrogens with zero attached hydrogens (tertiary/aromatic N) is 1. The maximum atomic E-state index is 12.3. The molecule has 5 heteroatoms. The van der Waals surface area contributed by atoms with Gasteiger partial charge in [0.05, 0.1) is 24.5 Å². The zero-order chi connectivity index (χ0) is 12.4. The predicted molar refractivity (Wildman–Crippen MR) is 60.3 cm³/mol. The Labute approximate surface area is 100 Å². The third-order valence-corrected chi connectivity index (χ3v) is 4.02. The molecule has 0 aromatic rings. The Bertz CT molecular complexity index is 318. The smallest absolute Gasteiger partial charge is 0.307 e. The molecule has 1 aliphatic heterocycles. The molecular formula is C12H19NO4. The third-order valence-electron chi connectivity index (χ3n) is 4.02. The van der Waals surface area contributed by atoms with Crippen LogP contribution in [0.5, 0.6) is 0 Å². The van der Waals surface area contributed by atoms with Crippen LogP contribution in [0.2, 0.25) is 0 Å². The van der Waals surface area contributed by atoms with E-state index in [1.165, 1.54) is 0 Å². The lowest BCUT2D eigenvalue weighted by Crippen LogP contribution is -2.43. The van der Waals surface area contributed by atoms with Gasteiger partial charge in [-0.3, -0.25) is 9.59 Å². The Hall–Kier alpha value is -1.10. The van der Waals surface area contributed by atoms with Crippen molar-refractivity contribution >= 4 is 11.9 Å². The predicted octanol–water partition coefficient (Wildman–Crippen LogP) is 0.471. The van der Waals surface area contributed by atoms with Crippen LogP contribution in [-0.2, 0) is 9.59 Å². The minimum absolute atomic E-state index is 0.0177. The molecule has 0 radical (unpaired) electrons. The number of carboxylic acids is 1. The van der Waals surface area contributed by atoms with Crippen LogP contribution in [0.3, 0.4) is 0 Å². The highest BCUT2D eigenvalue weighted by Gasteiger charge is 2.42. The highest BCUT2D eigenvalue weighted by atomic mass is 16.4. The number of carbonyl (C=O) groups is 2. The van der Waals surface area contributed by atoms with E-state index in [0.717, 1.165) is 19.3 Å². The molecule has 1 saturated carbocycles. The van der Waals surface area contributed by atoms with Crippen LogP contribution >= 0.6 is 0 Å². The van der Waals surface area contributed by atoms with Gasteiger partial charge in [0.1, 0.15) is 0 Å². The van der Waals surface area contributed by atoms with Gasteiger partial charge in [-0.2, -0.15) is 0 Å². The standard InChI is InChI=1S/C12H19NO4/c14-7-8-3-2-6-13(8)11(15)9-4-1-5-10(9)12(16)17/h8-10,14H,1-7H2,(H,16,17)/t8?,9-,10+/m1/s1. The lowest BCUT2D eigenvalue weighted by molar-refractivity contribution is -0.149. The first-order chi connectivity index (χ1) is 8.15. The van der Waals surface area contributed by atoms with Gasteiger partial charge in [-0.25, -0.2) is 0 Å². The summed E-state index contributed by atoms with van der Waals surface area (Å²) in [6, 6.07) is -0.0995. The van der Waals surface area contributed by atoms with Crippen molar-refractivity contribution in [1.82, 2.24) is 4.90 Å². The maximum absolute atomic E-state index is 12.3. The lowest BCUT2D eigenvalue weighted by Gasteiger charge is -2.27. The van der Waals surface area contributed by atoms with E-state index >= 15 is 0 Å². The summed E-state index contributed by atoms with van der Waals surface area (Å²) in [4.78, 5) is 25.0. The molecule has 2 fully saturated rings. The molecule has 2 N–H and O–H groups in total. The summed E-state index contributed by atoms with van der Waals surface area (Å²) < 4.78 is 0. The van der Waals surface area contributed by atoms with Gasteiger partial charge in [0.2, 0.25) is 5.91 Å². The summed E-state index contributed by atoms with van der Waals surface area (Å²) in [5.41, 5.74) is 0. The van der Waals surface area contributed by atoms with Gasteiger partial charge in [-0.1, -0.05) is 6.42 Å². The largest absolute Gasteiger partial charge is 0.481 e. The molecule has 2 aliphatic rings. The highest BCUT2D eigenvalue weighted by molar-refractivity contribution is 5.85. The van der Waals surface area contributed by atoms with E-state index in [1.807, 2.05) is 0 Å². The summed E-state index contributed by atoms with van der Waals surface area (Å²) >= 11 is 0. The Morgan fingerprint density at radius 1 is 1.12 bits per heavy atom. The van der Waals surface area contributed by atoms with Crippen molar-refractivity contribution in [1.29, 1.82) is 0 Å². The average molecular weight is 241 g/mol. The Balaban J connectivity index is 2.06. The van der Waals surface area contributed by atoms with Crippen molar-refractivity contribution < 1.29 is 19.8 Å². The van der Waals surface area contributed by atoms with E-state index in [4.69, 9.17) is 5.11 Å². The molecule has 1 unspecified atom stereocenters. The number of carbonyl (C=O) groups excluding carboxylic acids is 1. The van der Waals surface area contributed by atoms with E-state index in [1.54, 1.807) is 4.90 Å². The van der Waals surface area contributed by atoms with Gasteiger partial charge < -0.3 is 15.1 Å². The molecule has 1 saturated heterocycles. The van der Waals surface area contributed by atoms with E-state index < -0.39 is 11.9 Å². The van der Waals surface area contributed by atoms with Crippen molar-refractivity contribution in [2.24, 2.45) is 11.8 Å². The fourth-order valence-corrected chi connectivity index (χ4v) is 3.08. The van der Waals surface area contributed by atoms with E-state index in [2.05, 4.69) is 0 Å². The Morgan fingerprint density at radius 3 is 2.47 bits per heavy atom. The number of hydrogen-bond acceptors (Lipinski definition) is 3. The average Bonchev–Trinajstić information content (AvgIpc) is 2.96. The molecule has 5 nitrogen and oxygen atoms in total. The summed E-state index contributed by atoms with van der Waals surface area (Å²) in [7, 11) is 0. The second kappa shape index (κ2) is 5.04. The number of likely N-dealkylation sites (tertiary alicyclic amines) is 1. The minimum atomic E-state index is -0.861. The van der Waals surface area contributed by atoms with Crippen LogP contribution in [0.1, 0.15) is 32.1 Å². The quantitative estimate of drug-likeness (QED) is 0.753. The molecule has 96 valence electrons. The number of aliphatic hydroxyl groups is 1. The molecule has 0 spiro atoms. The molecule has 3 atom stereocenters. The van der Waals surface area contributed by atoms with Crippen molar-refractivity contribution in [2.45, 2.75) is 38.1 Å². The van der Waals surface area contributed by atoms with Crippen LogP contribution in [0.4, 0.5) is 0 Å². The number of rotatable bonds is 3. The zero-order valence-electron chi connectivity index (χ0n) is 9.84. The van der Waals surface area contributed by atoms with E-state index in [0.29, 0.717) is 19.4 Å². The fraction of sp³-hybridized carbons (Fsp3) is 0.833. The van der Waals surface area contributed by atoms with Crippen molar-refractivity contribution in [3.05, 3.63) is 0 Å². The monoisotopic (exact) mass is 241 g/mol. The van der Waals surface area contributed by atoms with Crippen LogP contribution < -0.4 is 0 Å². The molecule has 1 heterocycles. The zero-order valence-corrected chi connectivity index (χ0v) is 9.84. The summed E-state index contributed by atoms with van der Waals surface area (Å²) in [5, 5.41) is 18.3. The minimum Gasteiger partial charge on any atom is -0.481 e.